The Morgan fingerprint density at radius 2 is 2.12 bits per heavy atom. The molecule has 0 unspecified atom stereocenters. The van der Waals surface area contributed by atoms with E-state index in [1.807, 2.05) is 6.07 Å². The molecule has 8 heteroatoms. The SMILES string of the molecule is COc1nc(C(=O)N2CC[C@]3(c4cccc(F)c4)OCO[C@@H]3C2)ccc1OCC1CC=CC1. The summed E-state index contributed by atoms with van der Waals surface area (Å²) < 4.78 is 36.9. The van der Waals surface area contributed by atoms with Crippen LogP contribution in [0.15, 0.2) is 48.6 Å². The number of likely N-dealkylation sites (tertiary alicyclic amines) is 1. The van der Waals surface area contributed by atoms with Gasteiger partial charge in [0.25, 0.3) is 11.8 Å². The molecule has 7 nitrogen and oxygen atoms in total. The number of methoxy groups -OCH3 is 1. The van der Waals surface area contributed by atoms with Crippen molar-refractivity contribution in [2.45, 2.75) is 31.0 Å². The van der Waals surface area contributed by atoms with E-state index in [-0.39, 0.29) is 30.3 Å². The van der Waals surface area contributed by atoms with Crippen LogP contribution in [0.5, 0.6) is 11.6 Å². The number of allylic oxidation sites excluding steroid dienone is 2. The average molecular weight is 454 g/mol. The minimum Gasteiger partial charge on any atom is -0.488 e. The molecule has 2 atom stereocenters. The monoisotopic (exact) mass is 454 g/mol. The third-order valence-corrected chi connectivity index (χ3v) is 6.66. The van der Waals surface area contributed by atoms with E-state index >= 15 is 0 Å². The highest BCUT2D eigenvalue weighted by molar-refractivity contribution is 5.92. The van der Waals surface area contributed by atoms with Gasteiger partial charge in [0.05, 0.1) is 20.3 Å². The molecule has 2 aromatic rings. The Bertz CT molecular complexity index is 1050. The summed E-state index contributed by atoms with van der Waals surface area (Å²) >= 11 is 0. The Balaban J connectivity index is 1.29. The van der Waals surface area contributed by atoms with Crippen molar-refractivity contribution in [1.29, 1.82) is 0 Å². The minimum absolute atomic E-state index is 0.109. The van der Waals surface area contributed by atoms with E-state index < -0.39 is 5.60 Å². The van der Waals surface area contributed by atoms with E-state index in [0.29, 0.717) is 43.7 Å². The average Bonchev–Trinajstić information content (AvgIpc) is 3.52. The van der Waals surface area contributed by atoms with Crippen LogP contribution in [-0.2, 0) is 15.1 Å². The summed E-state index contributed by atoms with van der Waals surface area (Å²) in [6.45, 7) is 1.45. The summed E-state index contributed by atoms with van der Waals surface area (Å²) in [7, 11) is 1.51. The lowest BCUT2D eigenvalue weighted by Crippen LogP contribution is -2.53. The Kier molecular flexibility index (Phi) is 6.03. The van der Waals surface area contributed by atoms with Crippen molar-refractivity contribution in [3.8, 4) is 11.6 Å². The first-order chi connectivity index (χ1) is 16.1. The van der Waals surface area contributed by atoms with Crippen molar-refractivity contribution in [3.05, 3.63) is 65.6 Å². The number of rotatable bonds is 6. The molecule has 0 radical (unpaired) electrons. The summed E-state index contributed by atoms with van der Waals surface area (Å²) in [5.74, 6) is 0.729. The van der Waals surface area contributed by atoms with Crippen LogP contribution in [0.25, 0.3) is 0 Å². The van der Waals surface area contributed by atoms with Crippen LogP contribution < -0.4 is 9.47 Å². The van der Waals surface area contributed by atoms with E-state index in [9.17, 15) is 9.18 Å². The Morgan fingerprint density at radius 3 is 2.91 bits per heavy atom. The van der Waals surface area contributed by atoms with Crippen molar-refractivity contribution in [2.75, 3.05) is 33.6 Å². The highest BCUT2D eigenvalue weighted by atomic mass is 19.1. The van der Waals surface area contributed by atoms with Gasteiger partial charge in [-0.05, 0) is 48.6 Å². The first-order valence-electron chi connectivity index (χ1n) is 11.2. The molecule has 1 aromatic heterocycles. The molecule has 0 spiro atoms. The Morgan fingerprint density at radius 1 is 1.27 bits per heavy atom. The highest BCUT2D eigenvalue weighted by Gasteiger charge is 2.51. The standard InChI is InChI=1S/C25H27FN2O5/c1-30-23-21(31-15-17-5-2-3-6-17)10-9-20(27-23)24(29)28-12-11-25(22(14-28)32-16-33-25)18-7-4-8-19(26)13-18/h2-4,7-10,13,17,22H,5-6,11-12,14-16H2,1H3/t22-,25-/m1/s1. The Labute approximate surface area is 192 Å². The summed E-state index contributed by atoms with van der Waals surface area (Å²) in [4.78, 5) is 19.3. The zero-order valence-electron chi connectivity index (χ0n) is 18.5. The number of benzene rings is 1. The number of halogens is 1. The van der Waals surface area contributed by atoms with Crippen LogP contribution in [0.1, 0.15) is 35.3 Å². The van der Waals surface area contributed by atoms with Crippen molar-refractivity contribution in [1.82, 2.24) is 9.88 Å². The summed E-state index contributed by atoms with van der Waals surface area (Å²) in [5, 5.41) is 0. The van der Waals surface area contributed by atoms with Gasteiger partial charge in [0.1, 0.15) is 30.0 Å². The Hall–Kier alpha value is -2.97. The lowest BCUT2D eigenvalue weighted by atomic mass is 9.82. The topological polar surface area (TPSA) is 70.1 Å². The molecule has 1 aromatic carbocycles. The van der Waals surface area contributed by atoms with Crippen molar-refractivity contribution < 1.29 is 28.1 Å². The number of aromatic nitrogens is 1. The van der Waals surface area contributed by atoms with Gasteiger partial charge >= 0.3 is 0 Å². The van der Waals surface area contributed by atoms with Gasteiger partial charge in [-0.2, -0.15) is 0 Å². The third kappa shape index (κ3) is 4.20. The third-order valence-electron chi connectivity index (χ3n) is 6.66. The van der Waals surface area contributed by atoms with Gasteiger partial charge in [-0.25, -0.2) is 9.37 Å². The summed E-state index contributed by atoms with van der Waals surface area (Å²) in [6, 6.07) is 9.78. The molecule has 0 bridgehead atoms. The van der Waals surface area contributed by atoms with Crippen molar-refractivity contribution in [2.24, 2.45) is 5.92 Å². The number of fused-ring (bicyclic) bond motifs is 1. The van der Waals surface area contributed by atoms with E-state index in [0.717, 1.165) is 18.4 Å². The number of ether oxygens (including phenoxy) is 4. The van der Waals surface area contributed by atoms with Gasteiger partial charge in [-0.3, -0.25) is 4.79 Å². The molecule has 33 heavy (non-hydrogen) atoms. The van der Waals surface area contributed by atoms with Crippen molar-refractivity contribution >= 4 is 5.91 Å². The van der Waals surface area contributed by atoms with Gasteiger partial charge in [-0.1, -0.05) is 24.3 Å². The van der Waals surface area contributed by atoms with Crippen LogP contribution in [0.3, 0.4) is 0 Å². The fourth-order valence-electron chi connectivity index (χ4n) is 4.81. The number of pyridine rings is 1. The number of carbonyl (C=O) groups excluding carboxylic acids is 1. The van der Waals surface area contributed by atoms with Crippen LogP contribution in [-0.4, -0.2) is 55.5 Å². The largest absolute Gasteiger partial charge is 0.488 e. The van der Waals surface area contributed by atoms with Crippen molar-refractivity contribution in [3.63, 3.8) is 0 Å². The first-order valence-corrected chi connectivity index (χ1v) is 11.2. The molecule has 0 saturated carbocycles. The number of hydrogen-bond donors (Lipinski definition) is 0. The number of nitrogens with zero attached hydrogens (tertiary/aromatic N) is 2. The predicted octanol–water partition coefficient (Wildman–Crippen LogP) is 3.69. The number of carbonyl (C=O) groups is 1. The minimum atomic E-state index is -0.753. The molecule has 1 amide bonds. The number of amides is 1. The number of hydrogen-bond acceptors (Lipinski definition) is 6. The second-order valence-electron chi connectivity index (χ2n) is 8.64. The van der Waals surface area contributed by atoms with E-state index in [4.69, 9.17) is 18.9 Å². The molecule has 2 aliphatic heterocycles. The van der Waals surface area contributed by atoms with E-state index in [1.165, 1.54) is 19.2 Å². The second-order valence-corrected chi connectivity index (χ2v) is 8.64. The molecule has 174 valence electrons. The molecular formula is C25H27FN2O5. The second kappa shape index (κ2) is 9.11. The number of piperidine rings is 1. The molecule has 0 N–H and O–H groups in total. The molecular weight excluding hydrogens is 427 g/mol. The maximum atomic E-state index is 13.9. The van der Waals surface area contributed by atoms with Crippen LogP contribution in [0.4, 0.5) is 4.39 Å². The summed E-state index contributed by atoms with van der Waals surface area (Å²) in [6.07, 6.45) is 6.44. The lowest BCUT2D eigenvalue weighted by Gasteiger charge is -2.41. The van der Waals surface area contributed by atoms with E-state index in [1.54, 1.807) is 23.1 Å². The maximum absolute atomic E-state index is 13.9. The zero-order chi connectivity index (χ0) is 22.8. The van der Waals surface area contributed by atoms with E-state index in [2.05, 4.69) is 17.1 Å². The fraction of sp³-hybridized carbons (Fsp3) is 0.440. The van der Waals surface area contributed by atoms with Crippen LogP contribution >= 0.6 is 0 Å². The highest BCUT2D eigenvalue weighted by Crippen LogP contribution is 2.43. The van der Waals surface area contributed by atoms with Gasteiger partial charge in [-0.15, -0.1) is 0 Å². The zero-order valence-corrected chi connectivity index (χ0v) is 18.5. The molecule has 3 aliphatic rings. The lowest BCUT2D eigenvalue weighted by molar-refractivity contribution is -0.0441. The summed E-state index contributed by atoms with van der Waals surface area (Å²) in [5.41, 5.74) is 0.256. The smallest absolute Gasteiger partial charge is 0.272 e. The van der Waals surface area contributed by atoms with Gasteiger partial charge in [0.15, 0.2) is 5.75 Å². The molecule has 5 rings (SSSR count). The van der Waals surface area contributed by atoms with Gasteiger partial charge < -0.3 is 23.8 Å². The van der Waals surface area contributed by atoms with Crippen LogP contribution in [0.2, 0.25) is 0 Å². The normalized spacial score (nSPS) is 24.7. The fourth-order valence-corrected chi connectivity index (χ4v) is 4.81. The maximum Gasteiger partial charge on any atom is 0.272 e. The molecule has 1 aliphatic carbocycles. The first kappa shape index (κ1) is 21.9. The predicted molar refractivity (Wildman–Crippen MR) is 118 cm³/mol. The van der Waals surface area contributed by atoms with Crippen LogP contribution in [0, 0.1) is 11.7 Å². The molecule has 2 saturated heterocycles. The quantitative estimate of drug-likeness (QED) is 0.620. The van der Waals surface area contributed by atoms with Gasteiger partial charge in [0.2, 0.25) is 0 Å². The molecule has 3 heterocycles. The molecule has 2 fully saturated rings. The van der Waals surface area contributed by atoms with Gasteiger partial charge in [0, 0.05) is 13.0 Å².